The Bertz CT molecular complexity index is 1230. The molecule has 1 aromatic carbocycles. The van der Waals surface area contributed by atoms with Crippen molar-refractivity contribution in [1.29, 1.82) is 0 Å². The van der Waals surface area contributed by atoms with Gasteiger partial charge in [-0.1, -0.05) is 19.0 Å². The van der Waals surface area contributed by atoms with Crippen LogP contribution in [-0.4, -0.2) is 72.2 Å². The lowest BCUT2D eigenvalue weighted by atomic mass is 9.91. The van der Waals surface area contributed by atoms with Gasteiger partial charge in [0, 0.05) is 57.1 Å². The molecule has 0 bridgehead atoms. The fourth-order valence-electron chi connectivity index (χ4n) is 5.31. The SMILES string of the molecule is COC[C@@H](Oc1cnc(N2C[C@H](c3cc(F)ccc3F)[C@@H](N)C2)nc1)C1CCN(c2nc(C(C)C)no2)CC1. The van der Waals surface area contributed by atoms with Gasteiger partial charge in [0.1, 0.15) is 17.7 Å². The van der Waals surface area contributed by atoms with Gasteiger partial charge in [-0.25, -0.2) is 18.7 Å². The normalized spacial score (nSPS) is 21.1. The zero-order valence-electron chi connectivity index (χ0n) is 22.5. The first-order valence-electron chi connectivity index (χ1n) is 13.3. The first-order chi connectivity index (χ1) is 18.8. The van der Waals surface area contributed by atoms with E-state index in [9.17, 15) is 8.78 Å². The van der Waals surface area contributed by atoms with E-state index in [1.807, 2.05) is 18.7 Å². The Kier molecular flexibility index (Phi) is 8.22. The number of hydrogen-bond donors (Lipinski definition) is 1. The first kappa shape index (κ1) is 27.2. The molecule has 5 rings (SSSR count). The van der Waals surface area contributed by atoms with E-state index in [4.69, 9.17) is 19.7 Å². The average molecular weight is 544 g/mol. The van der Waals surface area contributed by atoms with E-state index >= 15 is 0 Å². The van der Waals surface area contributed by atoms with E-state index in [1.165, 1.54) is 6.07 Å². The minimum absolute atomic E-state index is 0.166. The summed E-state index contributed by atoms with van der Waals surface area (Å²) < 4.78 is 45.3. The second-order valence-corrected chi connectivity index (χ2v) is 10.6. The molecule has 39 heavy (non-hydrogen) atoms. The summed E-state index contributed by atoms with van der Waals surface area (Å²) in [5.74, 6) is 0.897. The molecule has 2 saturated heterocycles. The molecule has 0 spiro atoms. The van der Waals surface area contributed by atoms with Crippen LogP contribution in [0.5, 0.6) is 5.75 Å². The quantitative estimate of drug-likeness (QED) is 0.430. The highest BCUT2D eigenvalue weighted by atomic mass is 19.1. The monoisotopic (exact) mass is 543 g/mol. The van der Waals surface area contributed by atoms with Crippen molar-refractivity contribution < 1.29 is 22.8 Å². The van der Waals surface area contributed by atoms with Crippen molar-refractivity contribution in [2.24, 2.45) is 11.7 Å². The minimum Gasteiger partial charge on any atom is -0.484 e. The van der Waals surface area contributed by atoms with Gasteiger partial charge in [-0.2, -0.15) is 4.98 Å². The van der Waals surface area contributed by atoms with Gasteiger partial charge in [0.15, 0.2) is 11.6 Å². The molecule has 2 aliphatic rings. The van der Waals surface area contributed by atoms with Gasteiger partial charge in [0.05, 0.1) is 19.0 Å². The van der Waals surface area contributed by atoms with Crippen LogP contribution in [0.4, 0.5) is 20.7 Å². The van der Waals surface area contributed by atoms with Crippen molar-refractivity contribution in [1.82, 2.24) is 20.1 Å². The third kappa shape index (κ3) is 6.11. The van der Waals surface area contributed by atoms with Gasteiger partial charge in [-0.15, -0.1) is 0 Å². The fraction of sp³-hybridized carbons (Fsp3) is 0.556. The molecule has 210 valence electrons. The molecule has 0 aliphatic carbocycles. The van der Waals surface area contributed by atoms with Gasteiger partial charge in [0.2, 0.25) is 5.95 Å². The molecule has 12 heteroatoms. The number of piperidine rings is 1. The molecule has 2 aromatic heterocycles. The van der Waals surface area contributed by atoms with E-state index in [0.29, 0.717) is 43.2 Å². The number of aromatic nitrogens is 4. The topological polar surface area (TPSA) is 116 Å². The van der Waals surface area contributed by atoms with Crippen LogP contribution in [-0.2, 0) is 4.74 Å². The Balaban J connectivity index is 1.19. The van der Waals surface area contributed by atoms with Crippen LogP contribution in [0.2, 0.25) is 0 Å². The lowest BCUT2D eigenvalue weighted by Gasteiger charge is -2.34. The molecule has 0 amide bonds. The lowest BCUT2D eigenvalue weighted by molar-refractivity contribution is 0.0340. The highest BCUT2D eigenvalue weighted by molar-refractivity contribution is 5.39. The predicted octanol–water partition coefficient (Wildman–Crippen LogP) is 3.50. The molecule has 2 N–H and O–H groups in total. The number of hydrogen-bond acceptors (Lipinski definition) is 10. The molecular formula is C27H35F2N7O3. The Hall–Kier alpha value is -3.38. The Morgan fingerprint density at radius 2 is 1.85 bits per heavy atom. The molecule has 2 fully saturated rings. The highest BCUT2D eigenvalue weighted by Crippen LogP contribution is 2.32. The van der Waals surface area contributed by atoms with E-state index in [2.05, 4.69) is 25.0 Å². The summed E-state index contributed by atoms with van der Waals surface area (Å²) in [6, 6.07) is 3.65. The number of methoxy groups -OCH3 is 1. The number of halogens is 2. The standard InChI is InChI=1S/C27H35F2N7O3/c1-16(2)25-33-27(39-34-25)35-8-6-17(7-9-35)24(15-37-3)38-19-11-31-26(32-12-19)36-13-21(23(30)14-36)20-10-18(28)4-5-22(20)29/h4-5,10-12,16-17,21,23-24H,6-9,13-15,30H2,1-3H3/t21-,23+,24-/m1/s1. The maximum Gasteiger partial charge on any atom is 0.324 e. The van der Waals surface area contributed by atoms with Crippen molar-refractivity contribution in [3.8, 4) is 5.75 Å². The van der Waals surface area contributed by atoms with Crippen LogP contribution in [0.1, 0.15) is 49.9 Å². The number of nitrogens with zero attached hydrogens (tertiary/aromatic N) is 6. The molecule has 0 radical (unpaired) electrons. The summed E-state index contributed by atoms with van der Waals surface area (Å²) in [4.78, 5) is 17.5. The summed E-state index contributed by atoms with van der Waals surface area (Å²) in [6.07, 6.45) is 4.87. The van der Waals surface area contributed by atoms with Gasteiger partial charge < -0.3 is 29.5 Å². The maximum absolute atomic E-state index is 14.3. The third-order valence-electron chi connectivity index (χ3n) is 7.52. The van der Waals surface area contributed by atoms with Crippen LogP contribution in [0.25, 0.3) is 0 Å². The van der Waals surface area contributed by atoms with Crippen LogP contribution in [0.15, 0.2) is 35.1 Å². The highest BCUT2D eigenvalue weighted by Gasteiger charge is 2.35. The fourth-order valence-corrected chi connectivity index (χ4v) is 5.31. The zero-order valence-corrected chi connectivity index (χ0v) is 22.5. The maximum atomic E-state index is 14.3. The third-order valence-corrected chi connectivity index (χ3v) is 7.52. The summed E-state index contributed by atoms with van der Waals surface area (Å²) >= 11 is 0. The van der Waals surface area contributed by atoms with E-state index in [1.54, 1.807) is 19.5 Å². The smallest absolute Gasteiger partial charge is 0.324 e. The Labute approximate surface area is 226 Å². The predicted molar refractivity (Wildman–Crippen MR) is 141 cm³/mol. The number of rotatable bonds is 9. The van der Waals surface area contributed by atoms with Crippen LogP contribution < -0.4 is 20.3 Å². The number of anilines is 2. The summed E-state index contributed by atoms with van der Waals surface area (Å²) in [5.41, 5.74) is 6.56. The molecular weight excluding hydrogens is 508 g/mol. The lowest BCUT2D eigenvalue weighted by Crippen LogP contribution is -2.41. The van der Waals surface area contributed by atoms with Gasteiger partial charge >= 0.3 is 6.01 Å². The average Bonchev–Trinajstić information content (AvgIpc) is 3.58. The number of nitrogens with two attached hydrogens (primary N) is 1. The molecule has 0 unspecified atom stereocenters. The van der Waals surface area contributed by atoms with E-state index in [-0.39, 0.29) is 35.5 Å². The molecule has 10 nitrogen and oxygen atoms in total. The number of benzene rings is 1. The first-order valence-corrected chi connectivity index (χ1v) is 13.3. The van der Waals surface area contributed by atoms with E-state index in [0.717, 1.165) is 38.1 Å². The van der Waals surface area contributed by atoms with Crippen molar-refractivity contribution in [2.75, 3.05) is 49.7 Å². The van der Waals surface area contributed by atoms with Crippen molar-refractivity contribution in [3.63, 3.8) is 0 Å². The van der Waals surface area contributed by atoms with E-state index < -0.39 is 11.6 Å². The van der Waals surface area contributed by atoms with Crippen molar-refractivity contribution >= 4 is 12.0 Å². The second-order valence-electron chi connectivity index (χ2n) is 10.6. The van der Waals surface area contributed by atoms with Gasteiger partial charge in [-0.3, -0.25) is 0 Å². The summed E-state index contributed by atoms with van der Waals surface area (Å²) in [5, 5.41) is 4.07. The van der Waals surface area contributed by atoms with Gasteiger partial charge in [-0.05, 0) is 36.6 Å². The van der Waals surface area contributed by atoms with Crippen molar-refractivity contribution in [3.05, 3.63) is 53.6 Å². The number of ether oxygens (including phenoxy) is 2. The molecule has 4 heterocycles. The molecule has 2 aliphatic heterocycles. The summed E-state index contributed by atoms with van der Waals surface area (Å²) in [6.45, 7) is 6.91. The molecule has 3 atom stereocenters. The van der Waals surface area contributed by atoms with Gasteiger partial charge in [0.25, 0.3) is 0 Å². The Morgan fingerprint density at radius 1 is 1.10 bits per heavy atom. The zero-order chi connectivity index (χ0) is 27.5. The minimum atomic E-state index is -0.485. The molecule has 0 saturated carbocycles. The summed E-state index contributed by atoms with van der Waals surface area (Å²) in [7, 11) is 1.66. The molecule has 3 aromatic rings. The van der Waals surface area contributed by atoms with Crippen molar-refractivity contribution in [2.45, 2.75) is 50.7 Å². The Morgan fingerprint density at radius 3 is 2.51 bits per heavy atom. The van der Waals surface area contributed by atoms with Crippen LogP contribution in [0, 0.1) is 17.6 Å². The van der Waals surface area contributed by atoms with Crippen LogP contribution >= 0.6 is 0 Å². The second kappa shape index (κ2) is 11.8. The largest absolute Gasteiger partial charge is 0.484 e. The van der Waals surface area contributed by atoms with Crippen LogP contribution in [0.3, 0.4) is 0 Å².